The fraction of sp³-hybridized carbons (Fsp3) is 0.200. The van der Waals surface area contributed by atoms with Crippen molar-refractivity contribution in [3.8, 4) is 16.2 Å². The molecule has 1 N–H and O–H groups in total. The third kappa shape index (κ3) is 4.17. The first-order valence-electron chi connectivity index (χ1n) is 10.9. The fourth-order valence-electron chi connectivity index (χ4n) is 3.98. The number of carbonyl (C=O) groups is 1. The SMILES string of the molecule is CCCn1cc(-c2ccc(C(=O)N3N=C(c4cccnc4)CC3c3ccccc3O)s2)cn1. The summed E-state index contributed by atoms with van der Waals surface area (Å²) in [6.45, 7) is 2.97. The van der Waals surface area contributed by atoms with Crippen molar-refractivity contribution in [1.29, 1.82) is 0 Å². The summed E-state index contributed by atoms with van der Waals surface area (Å²) in [5.41, 5.74) is 3.29. The lowest BCUT2D eigenvalue weighted by molar-refractivity contribution is 0.0714. The summed E-state index contributed by atoms with van der Waals surface area (Å²) in [4.78, 5) is 19.3. The van der Waals surface area contributed by atoms with Gasteiger partial charge in [-0.25, -0.2) is 5.01 Å². The average Bonchev–Trinajstić information content (AvgIpc) is 3.59. The van der Waals surface area contributed by atoms with Crippen molar-refractivity contribution in [2.45, 2.75) is 32.4 Å². The summed E-state index contributed by atoms with van der Waals surface area (Å²) in [5.74, 6) is -0.0440. The van der Waals surface area contributed by atoms with Gasteiger partial charge in [-0.05, 0) is 30.7 Å². The number of rotatable bonds is 6. The lowest BCUT2D eigenvalue weighted by Crippen LogP contribution is -2.26. The van der Waals surface area contributed by atoms with Crippen molar-refractivity contribution in [1.82, 2.24) is 19.8 Å². The number of phenolic OH excluding ortho intramolecular Hbond substituents is 1. The van der Waals surface area contributed by atoms with Gasteiger partial charge in [0.2, 0.25) is 0 Å². The minimum atomic E-state index is -0.397. The van der Waals surface area contributed by atoms with E-state index in [1.54, 1.807) is 24.5 Å². The van der Waals surface area contributed by atoms with Crippen LogP contribution in [0.25, 0.3) is 10.4 Å². The predicted molar refractivity (Wildman–Crippen MR) is 128 cm³/mol. The number of hydrogen-bond donors (Lipinski definition) is 1. The van der Waals surface area contributed by atoms with Crippen molar-refractivity contribution in [3.63, 3.8) is 0 Å². The molecule has 5 rings (SSSR count). The van der Waals surface area contributed by atoms with Gasteiger partial charge in [0.15, 0.2) is 0 Å². The first-order chi connectivity index (χ1) is 16.1. The van der Waals surface area contributed by atoms with Crippen LogP contribution in [0.3, 0.4) is 0 Å². The number of aromatic hydroxyl groups is 1. The van der Waals surface area contributed by atoms with E-state index in [1.807, 2.05) is 53.5 Å². The van der Waals surface area contributed by atoms with Crippen molar-refractivity contribution in [2.75, 3.05) is 0 Å². The standard InChI is InChI=1S/C25H23N5O2S/c1-2-12-29-16-18(15-27-29)23-9-10-24(33-23)25(32)30-21(19-7-3-4-8-22(19)31)13-20(28-30)17-6-5-11-26-14-17/h3-11,14-16,21,31H,2,12-13H2,1H3. The van der Waals surface area contributed by atoms with Gasteiger partial charge in [0.05, 0.1) is 22.8 Å². The van der Waals surface area contributed by atoms with Crippen molar-refractivity contribution in [2.24, 2.45) is 5.10 Å². The Morgan fingerprint density at radius 3 is 2.79 bits per heavy atom. The normalized spacial score (nSPS) is 15.6. The molecule has 166 valence electrons. The van der Waals surface area contributed by atoms with Crippen molar-refractivity contribution >= 4 is 23.0 Å². The minimum absolute atomic E-state index is 0.151. The molecule has 0 saturated carbocycles. The highest BCUT2D eigenvalue weighted by molar-refractivity contribution is 7.17. The molecule has 0 radical (unpaired) electrons. The van der Waals surface area contributed by atoms with Gasteiger partial charge in [-0.1, -0.05) is 31.2 Å². The Hall–Kier alpha value is -3.78. The summed E-state index contributed by atoms with van der Waals surface area (Å²) in [6.07, 6.45) is 8.79. The number of thiophene rings is 1. The molecule has 1 aromatic carbocycles. The summed E-state index contributed by atoms with van der Waals surface area (Å²) in [7, 11) is 0. The summed E-state index contributed by atoms with van der Waals surface area (Å²) < 4.78 is 1.91. The molecule has 1 aliphatic heterocycles. The van der Waals surface area contributed by atoms with E-state index in [2.05, 4.69) is 22.1 Å². The molecule has 0 saturated heterocycles. The minimum Gasteiger partial charge on any atom is -0.508 e. The Bertz CT molecular complexity index is 1310. The van der Waals surface area contributed by atoms with Crippen LogP contribution >= 0.6 is 11.3 Å². The number of nitrogens with zero attached hydrogens (tertiary/aromatic N) is 5. The summed E-state index contributed by atoms with van der Waals surface area (Å²) >= 11 is 1.42. The molecule has 4 aromatic rings. The molecule has 1 atom stereocenters. The molecule has 1 amide bonds. The van der Waals surface area contributed by atoms with E-state index in [0.29, 0.717) is 16.9 Å². The van der Waals surface area contributed by atoms with Gasteiger partial charge in [0, 0.05) is 53.1 Å². The second-order valence-electron chi connectivity index (χ2n) is 7.87. The van der Waals surface area contributed by atoms with E-state index < -0.39 is 6.04 Å². The van der Waals surface area contributed by atoms with Crippen LogP contribution in [-0.2, 0) is 6.54 Å². The number of carbonyl (C=O) groups excluding carboxylic acids is 1. The molecule has 0 spiro atoms. The largest absolute Gasteiger partial charge is 0.508 e. The second kappa shape index (κ2) is 8.99. The van der Waals surface area contributed by atoms with Crippen LogP contribution in [0.1, 0.15) is 46.6 Å². The highest BCUT2D eigenvalue weighted by atomic mass is 32.1. The molecule has 1 unspecified atom stereocenters. The maximum absolute atomic E-state index is 13.6. The van der Waals surface area contributed by atoms with Crippen LogP contribution in [0.5, 0.6) is 5.75 Å². The molecule has 0 bridgehead atoms. The predicted octanol–water partition coefficient (Wildman–Crippen LogP) is 5.11. The number of phenols is 1. The van der Waals surface area contributed by atoms with E-state index >= 15 is 0 Å². The Morgan fingerprint density at radius 2 is 2.00 bits per heavy atom. The van der Waals surface area contributed by atoms with Gasteiger partial charge in [0.1, 0.15) is 5.75 Å². The molecule has 0 aliphatic carbocycles. The lowest BCUT2D eigenvalue weighted by Gasteiger charge is -2.22. The van der Waals surface area contributed by atoms with Gasteiger partial charge in [-0.2, -0.15) is 10.2 Å². The summed E-state index contributed by atoms with van der Waals surface area (Å²) in [5, 5.41) is 21.1. The van der Waals surface area contributed by atoms with Crippen LogP contribution in [0.15, 0.2) is 78.4 Å². The van der Waals surface area contributed by atoms with Crippen LogP contribution in [0, 0.1) is 0 Å². The van der Waals surface area contributed by atoms with E-state index in [9.17, 15) is 9.90 Å². The Morgan fingerprint density at radius 1 is 1.12 bits per heavy atom. The zero-order valence-corrected chi connectivity index (χ0v) is 18.9. The Balaban J connectivity index is 1.48. The molecule has 33 heavy (non-hydrogen) atoms. The Kier molecular flexibility index (Phi) is 5.75. The average molecular weight is 458 g/mol. The van der Waals surface area contributed by atoms with Gasteiger partial charge in [0.25, 0.3) is 5.91 Å². The van der Waals surface area contributed by atoms with E-state index in [1.165, 1.54) is 16.3 Å². The highest BCUT2D eigenvalue weighted by Crippen LogP contribution is 2.39. The summed E-state index contributed by atoms with van der Waals surface area (Å²) in [6, 6.07) is 14.3. The zero-order chi connectivity index (χ0) is 22.8. The van der Waals surface area contributed by atoms with Crippen LogP contribution in [-0.4, -0.2) is 36.5 Å². The number of pyridine rings is 1. The number of para-hydroxylation sites is 1. The van der Waals surface area contributed by atoms with Gasteiger partial charge >= 0.3 is 0 Å². The highest BCUT2D eigenvalue weighted by Gasteiger charge is 2.35. The first-order valence-corrected chi connectivity index (χ1v) is 11.7. The van der Waals surface area contributed by atoms with Crippen molar-refractivity contribution < 1.29 is 9.90 Å². The number of benzene rings is 1. The molecule has 0 fully saturated rings. The van der Waals surface area contributed by atoms with Crippen LogP contribution < -0.4 is 0 Å². The molecular weight excluding hydrogens is 434 g/mol. The van der Waals surface area contributed by atoms with E-state index in [4.69, 9.17) is 0 Å². The number of aryl methyl sites for hydroxylation is 1. The third-order valence-corrected chi connectivity index (χ3v) is 6.72. The first kappa shape index (κ1) is 21.1. The molecular formula is C25H23N5O2S. The number of hydrazone groups is 1. The molecule has 1 aliphatic rings. The molecule has 8 heteroatoms. The van der Waals surface area contributed by atoms with E-state index in [-0.39, 0.29) is 11.7 Å². The number of hydrogen-bond acceptors (Lipinski definition) is 6. The van der Waals surface area contributed by atoms with Gasteiger partial charge in [-0.3, -0.25) is 14.5 Å². The fourth-order valence-corrected chi connectivity index (χ4v) is 4.89. The number of amides is 1. The van der Waals surface area contributed by atoms with Crippen molar-refractivity contribution in [3.05, 3.63) is 89.3 Å². The Labute approximate surface area is 195 Å². The second-order valence-corrected chi connectivity index (χ2v) is 8.96. The third-order valence-electron chi connectivity index (χ3n) is 5.60. The topological polar surface area (TPSA) is 83.6 Å². The smallest absolute Gasteiger partial charge is 0.284 e. The maximum Gasteiger partial charge on any atom is 0.284 e. The van der Waals surface area contributed by atoms with Gasteiger partial charge in [-0.15, -0.1) is 11.3 Å². The van der Waals surface area contributed by atoms with Crippen LogP contribution in [0.4, 0.5) is 0 Å². The van der Waals surface area contributed by atoms with Crippen LogP contribution in [0.2, 0.25) is 0 Å². The molecule has 4 heterocycles. The molecule has 3 aromatic heterocycles. The lowest BCUT2D eigenvalue weighted by atomic mass is 9.98. The van der Waals surface area contributed by atoms with E-state index in [0.717, 1.165) is 34.7 Å². The van der Waals surface area contributed by atoms with Gasteiger partial charge < -0.3 is 5.11 Å². The monoisotopic (exact) mass is 457 g/mol. The number of aromatic nitrogens is 3. The maximum atomic E-state index is 13.6. The zero-order valence-electron chi connectivity index (χ0n) is 18.1. The molecule has 7 nitrogen and oxygen atoms in total. The quantitative estimate of drug-likeness (QED) is 0.436.